The minimum atomic E-state index is -0.238. The van der Waals surface area contributed by atoms with E-state index in [0.717, 1.165) is 12.3 Å². The van der Waals surface area contributed by atoms with Crippen molar-refractivity contribution in [1.82, 2.24) is 5.32 Å². The van der Waals surface area contributed by atoms with Gasteiger partial charge in [-0.05, 0) is 24.7 Å². The number of hydrogen-bond donors (Lipinski definition) is 2. The summed E-state index contributed by atoms with van der Waals surface area (Å²) in [6.07, 6.45) is 0.440. The molecular weight excluding hydrogens is 264 g/mol. The topological polar surface area (TPSA) is 55.1 Å². The molecule has 0 spiro atoms. The molecule has 0 radical (unpaired) electrons. The number of amides is 1. The second kappa shape index (κ2) is 11.4. The summed E-state index contributed by atoms with van der Waals surface area (Å²) in [5.41, 5.74) is 6.33. The molecule has 0 fully saturated rings. The molecule has 0 bridgehead atoms. The Kier molecular flexibility index (Phi) is 11.0. The van der Waals surface area contributed by atoms with E-state index in [4.69, 9.17) is 5.73 Å². The summed E-state index contributed by atoms with van der Waals surface area (Å²) >= 11 is 0. The maximum Gasteiger partial charge on any atom is 0.218 e. The summed E-state index contributed by atoms with van der Waals surface area (Å²) in [6.45, 7) is 4.89. The Morgan fingerprint density at radius 1 is 1.28 bits per heavy atom. The van der Waals surface area contributed by atoms with E-state index >= 15 is 0 Å². The predicted molar refractivity (Wildman–Crippen MR) is 82.7 cm³/mol. The fraction of sp³-hybridized carbons (Fsp3) is 0.462. The molecule has 1 aromatic carbocycles. The van der Waals surface area contributed by atoms with Gasteiger partial charge in [-0.3, -0.25) is 4.79 Å². The molecule has 1 aromatic rings. The van der Waals surface area contributed by atoms with Gasteiger partial charge in [0.05, 0.1) is 0 Å². The summed E-state index contributed by atoms with van der Waals surface area (Å²) in [6, 6.07) is 8.39. The van der Waals surface area contributed by atoms with Crippen LogP contribution >= 0.6 is 21.6 Å². The van der Waals surface area contributed by atoms with Crippen LogP contribution in [-0.2, 0) is 11.3 Å². The van der Waals surface area contributed by atoms with Gasteiger partial charge in [-0.25, -0.2) is 0 Å². The summed E-state index contributed by atoms with van der Waals surface area (Å²) in [4.78, 5) is 11.7. The van der Waals surface area contributed by atoms with Crippen molar-refractivity contribution in [2.75, 3.05) is 12.8 Å². The largest absolute Gasteiger partial charge is 0.370 e. The first-order valence-electron chi connectivity index (χ1n) is 6.03. The molecule has 5 heteroatoms. The van der Waals surface area contributed by atoms with Crippen LogP contribution in [0.4, 0.5) is 0 Å². The van der Waals surface area contributed by atoms with Gasteiger partial charge in [0.1, 0.15) is 0 Å². The van der Waals surface area contributed by atoms with Gasteiger partial charge in [-0.15, -0.1) is 0 Å². The highest BCUT2D eigenvalue weighted by atomic mass is 33.1. The zero-order valence-corrected chi connectivity index (χ0v) is 12.9. The molecule has 18 heavy (non-hydrogen) atoms. The lowest BCUT2D eigenvalue weighted by Crippen LogP contribution is -2.10. The normalized spacial score (nSPS) is 9.50. The third-order valence-electron chi connectivity index (χ3n) is 1.89. The van der Waals surface area contributed by atoms with Crippen LogP contribution in [-0.4, -0.2) is 18.7 Å². The number of nitrogens with one attached hydrogen (secondary N) is 1. The molecule has 1 amide bonds. The Morgan fingerprint density at radius 3 is 2.39 bits per heavy atom. The van der Waals surface area contributed by atoms with Gasteiger partial charge in [-0.2, -0.15) is 0 Å². The molecule has 0 saturated carbocycles. The molecule has 0 unspecified atom stereocenters. The van der Waals surface area contributed by atoms with Crippen molar-refractivity contribution in [1.29, 1.82) is 0 Å². The van der Waals surface area contributed by atoms with Crippen LogP contribution in [0.1, 0.15) is 25.8 Å². The van der Waals surface area contributed by atoms with Crippen molar-refractivity contribution in [2.24, 2.45) is 5.73 Å². The Morgan fingerprint density at radius 2 is 1.89 bits per heavy atom. The minimum Gasteiger partial charge on any atom is -0.370 e. The number of carbonyl (C=O) groups excluding carboxylic acids is 1. The number of hydrogen-bond acceptors (Lipinski definition) is 4. The summed E-state index contributed by atoms with van der Waals surface area (Å²) in [5, 5.41) is 3.10. The first kappa shape index (κ1) is 17.4. The van der Waals surface area contributed by atoms with Crippen molar-refractivity contribution >= 4 is 27.5 Å². The van der Waals surface area contributed by atoms with Gasteiger partial charge >= 0.3 is 0 Å². The van der Waals surface area contributed by atoms with E-state index < -0.39 is 0 Å². The van der Waals surface area contributed by atoms with Crippen LogP contribution in [0.15, 0.2) is 29.2 Å². The number of carbonyl (C=O) groups is 1. The Hall–Kier alpha value is -0.650. The van der Waals surface area contributed by atoms with Crippen LogP contribution in [0.25, 0.3) is 0 Å². The molecule has 0 aliphatic rings. The van der Waals surface area contributed by atoms with E-state index in [1.54, 1.807) is 21.6 Å². The van der Waals surface area contributed by atoms with Gasteiger partial charge in [0, 0.05) is 23.6 Å². The second-order valence-corrected chi connectivity index (χ2v) is 5.79. The zero-order chi connectivity index (χ0) is 13.8. The molecule has 0 saturated heterocycles. The average Bonchev–Trinajstić information content (AvgIpc) is 2.39. The monoisotopic (exact) mass is 286 g/mol. The van der Waals surface area contributed by atoms with Crippen molar-refractivity contribution in [3.63, 3.8) is 0 Å². The fourth-order valence-corrected chi connectivity index (χ4v) is 3.11. The van der Waals surface area contributed by atoms with E-state index in [2.05, 4.69) is 29.6 Å². The highest BCUT2D eigenvalue weighted by molar-refractivity contribution is 8.76. The highest BCUT2D eigenvalue weighted by Gasteiger charge is 1.98. The van der Waals surface area contributed by atoms with Gasteiger partial charge < -0.3 is 11.1 Å². The van der Waals surface area contributed by atoms with Crippen LogP contribution < -0.4 is 11.1 Å². The summed E-state index contributed by atoms with van der Waals surface area (Å²) in [7, 11) is 5.26. The van der Waals surface area contributed by atoms with Crippen LogP contribution in [0.5, 0.6) is 0 Å². The minimum absolute atomic E-state index is 0.238. The van der Waals surface area contributed by atoms with Gasteiger partial charge in [0.15, 0.2) is 0 Å². The number of benzene rings is 1. The van der Waals surface area contributed by atoms with Crippen molar-refractivity contribution in [2.45, 2.75) is 31.7 Å². The van der Waals surface area contributed by atoms with Crippen LogP contribution in [0.2, 0.25) is 0 Å². The Balaban J connectivity index is 0.00000137. The molecule has 102 valence electrons. The molecule has 0 heterocycles. The fourth-order valence-electron chi connectivity index (χ4n) is 1.12. The van der Waals surface area contributed by atoms with E-state index in [1.165, 1.54) is 10.5 Å². The first-order chi connectivity index (χ1) is 8.72. The van der Waals surface area contributed by atoms with Gasteiger partial charge in [0.2, 0.25) is 5.91 Å². The van der Waals surface area contributed by atoms with Crippen molar-refractivity contribution < 1.29 is 4.79 Å². The quantitative estimate of drug-likeness (QED) is 0.597. The lowest BCUT2D eigenvalue weighted by atomic mass is 10.2. The predicted octanol–water partition coefficient (Wildman–Crippen LogP) is 3.05. The second-order valence-electron chi connectivity index (χ2n) is 3.30. The Bertz CT molecular complexity index is 328. The first-order valence-corrected chi connectivity index (χ1v) is 8.35. The highest BCUT2D eigenvalue weighted by Crippen LogP contribution is 2.31. The van der Waals surface area contributed by atoms with E-state index in [1.807, 2.05) is 20.9 Å². The van der Waals surface area contributed by atoms with Crippen molar-refractivity contribution in [3.05, 3.63) is 29.8 Å². The lowest BCUT2D eigenvalue weighted by molar-refractivity contribution is -0.117. The van der Waals surface area contributed by atoms with Crippen LogP contribution in [0, 0.1) is 0 Å². The molecule has 0 atom stereocenters. The lowest BCUT2D eigenvalue weighted by Gasteiger charge is -2.02. The number of primary amides is 1. The van der Waals surface area contributed by atoms with Gasteiger partial charge in [-0.1, -0.05) is 47.6 Å². The average molecular weight is 286 g/mol. The SMILES string of the molecule is CC.CNCc1ccc(SSCCC(N)=O)cc1. The molecule has 0 aliphatic carbocycles. The van der Waals surface area contributed by atoms with E-state index in [9.17, 15) is 4.79 Å². The van der Waals surface area contributed by atoms with E-state index in [0.29, 0.717) is 6.42 Å². The Labute approximate surface area is 118 Å². The molecule has 1 rings (SSSR count). The molecule has 0 aromatic heterocycles. The standard InChI is InChI=1S/C11H16N2OS2.C2H6/c1-13-8-9-2-4-10(5-3-9)16-15-7-6-11(12)14;1-2/h2-5,13H,6-8H2,1H3,(H2,12,14);1-2H3. The smallest absolute Gasteiger partial charge is 0.218 e. The zero-order valence-electron chi connectivity index (χ0n) is 11.2. The number of nitrogens with two attached hydrogens (primary N) is 1. The van der Waals surface area contributed by atoms with Crippen molar-refractivity contribution in [3.8, 4) is 0 Å². The van der Waals surface area contributed by atoms with Gasteiger partial charge in [0.25, 0.3) is 0 Å². The maximum atomic E-state index is 10.5. The third kappa shape index (κ3) is 8.44. The van der Waals surface area contributed by atoms with Crippen LogP contribution in [0.3, 0.4) is 0 Å². The summed E-state index contributed by atoms with van der Waals surface area (Å²) in [5.74, 6) is 0.524. The molecule has 3 N–H and O–H groups in total. The third-order valence-corrected chi connectivity index (χ3v) is 4.28. The molecule has 0 aliphatic heterocycles. The summed E-state index contributed by atoms with van der Waals surface area (Å²) < 4.78 is 0. The molecule has 3 nitrogen and oxygen atoms in total. The molecular formula is C13H22N2OS2. The number of rotatable bonds is 7. The maximum absolute atomic E-state index is 10.5. The van der Waals surface area contributed by atoms with E-state index in [-0.39, 0.29) is 5.91 Å².